The summed E-state index contributed by atoms with van der Waals surface area (Å²) in [7, 11) is 0. The first-order valence-electron chi connectivity index (χ1n) is 4.37. The van der Waals surface area contributed by atoms with Gasteiger partial charge in [-0.15, -0.1) is 0 Å². The lowest BCUT2D eigenvalue weighted by Crippen LogP contribution is -2.08. The first kappa shape index (κ1) is 10.2. The van der Waals surface area contributed by atoms with Crippen LogP contribution in [-0.2, 0) is 0 Å². The van der Waals surface area contributed by atoms with Crippen LogP contribution in [0.4, 0.5) is 5.69 Å². The molecule has 13 heavy (non-hydrogen) atoms. The Morgan fingerprint density at radius 1 is 1.38 bits per heavy atom. The first-order chi connectivity index (χ1) is 6.15. The van der Waals surface area contributed by atoms with Gasteiger partial charge in [0.1, 0.15) is 0 Å². The van der Waals surface area contributed by atoms with E-state index in [-0.39, 0.29) is 0 Å². The summed E-state index contributed by atoms with van der Waals surface area (Å²) >= 11 is 4.32. The molecule has 1 aromatic carbocycles. The summed E-state index contributed by atoms with van der Waals surface area (Å²) in [6, 6.07) is 8.24. The Labute approximate surface area is 85.6 Å². The quantitative estimate of drug-likeness (QED) is 0.720. The number of nitrogens with zero attached hydrogens (tertiary/aromatic N) is 1. The Balaban J connectivity index is 2.87. The average Bonchev–Trinajstić information content (AvgIpc) is 2.17. The number of hydrogen-bond acceptors (Lipinski definition) is 2. The minimum absolute atomic E-state index is 0.898. The Morgan fingerprint density at radius 2 is 1.92 bits per heavy atom. The maximum absolute atomic E-state index is 4.32. The lowest BCUT2D eigenvalue weighted by Gasteiger charge is -2.15. The van der Waals surface area contributed by atoms with Gasteiger partial charge in [-0.2, -0.15) is 0 Å². The van der Waals surface area contributed by atoms with Gasteiger partial charge < -0.3 is 4.31 Å². The summed E-state index contributed by atoms with van der Waals surface area (Å²) in [5.74, 6) is 0. The third-order valence-corrected chi connectivity index (χ3v) is 2.47. The SMILES string of the molecule is C=C(C)c1ccc(N(S)CC)cc1. The Bertz CT molecular complexity index is 289. The predicted molar refractivity (Wildman–Crippen MR) is 63.2 cm³/mol. The molecule has 0 bridgehead atoms. The first-order valence-corrected chi connectivity index (χ1v) is 4.77. The molecule has 0 heterocycles. The molecule has 70 valence electrons. The minimum Gasteiger partial charge on any atom is -0.319 e. The van der Waals surface area contributed by atoms with Gasteiger partial charge in [0.05, 0.1) is 0 Å². The second-order valence-corrected chi connectivity index (χ2v) is 3.53. The van der Waals surface area contributed by atoms with E-state index in [1.165, 1.54) is 5.56 Å². The van der Waals surface area contributed by atoms with Gasteiger partial charge in [0.2, 0.25) is 0 Å². The second kappa shape index (κ2) is 4.38. The van der Waals surface area contributed by atoms with Gasteiger partial charge in [-0.25, -0.2) is 0 Å². The van der Waals surface area contributed by atoms with Crippen LogP contribution in [0, 0.1) is 0 Å². The molecule has 0 saturated carbocycles. The highest BCUT2D eigenvalue weighted by Gasteiger charge is 1.98. The van der Waals surface area contributed by atoms with E-state index in [9.17, 15) is 0 Å². The summed E-state index contributed by atoms with van der Waals surface area (Å²) in [5.41, 5.74) is 3.39. The highest BCUT2D eigenvalue weighted by atomic mass is 32.1. The van der Waals surface area contributed by atoms with Crippen LogP contribution in [0.3, 0.4) is 0 Å². The van der Waals surface area contributed by atoms with E-state index in [1.807, 2.05) is 11.2 Å². The van der Waals surface area contributed by atoms with E-state index in [4.69, 9.17) is 0 Å². The Hall–Kier alpha value is -0.890. The molecule has 0 unspecified atom stereocenters. The van der Waals surface area contributed by atoms with Crippen LogP contribution in [0.1, 0.15) is 19.4 Å². The van der Waals surface area contributed by atoms with Crippen molar-refractivity contribution in [2.75, 3.05) is 10.8 Å². The smallest absolute Gasteiger partial charge is 0.0467 e. The predicted octanol–water partition coefficient (Wildman–Crippen LogP) is 3.39. The van der Waals surface area contributed by atoms with Gasteiger partial charge in [0, 0.05) is 12.2 Å². The van der Waals surface area contributed by atoms with Gasteiger partial charge in [-0.1, -0.05) is 37.1 Å². The molecular weight excluding hydrogens is 178 g/mol. The fourth-order valence-electron chi connectivity index (χ4n) is 1.10. The fraction of sp³-hybridized carbons (Fsp3) is 0.273. The highest BCUT2D eigenvalue weighted by molar-refractivity contribution is 7.81. The average molecular weight is 193 g/mol. The standard InChI is InChI=1S/C11H15NS/c1-4-12(13)11-7-5-10(6-8-11)9(2)3/h5-8,13H,2,4H2,1,3H3. The Morgan fingerprint density at radius 3 is 2.31 bits per heavy atom. The molecule has 0 aliphatic carbocycles. The van der Waals surface area contributed by atoms with Crippen LogP contribution in [-0.4, -0.2) is 6.54 Å². The largest absolute Gasteiger partial charge is 0.319 e. The maximum atomic E-state index is 4.32. The molecule has 0 aromatic heterocycles. The molecular formula is C11H15NS. The van der Waals surface area contributed by atoms with Crippen LogP contribution in [0.25, 0.3) is 5.57 Å². The molecule has 0 amide bonds. The van der Waals surface area contributed by atoms with E-state index >= 15 is 0 Å². The van der Waals surface area contributed by atoms with Crippen molar-refractivity contribution in [3.8, 4) is 0 Å². The van der Waals surface area contributed by atoms with Crippen molar-refractivity contribution < 1.29 is 0 Å². The summed E-state index contributed by atoms with van der Waals surface area (Å²) in [6.07, 6.45) is 0. The van der Waals surface area contributed by atoms with Crippen LogP contribution in [0.2, 0.25) is 0 Å². The Kier molecular flexibility index (Phi) is 3.43. The monoisotopic (exact) mass is 193 g/mol. The van der Waals surface area contributed by atoms with Crippen LogP contribution < -0.4 is 4.31 Å². The number of allylic oxidation sites excluding steroid dienone is 1. The van der Waals surface area contributed by atoms with Crippen molar-refractivity contribution in [3.63, 3.8) is 0 Å². The number of rotatable bonds is 3. The summed E-state index contributed by atoms with van der Waals surface area (Å²) in [6.45, 7) is 8.86. The topological polar surface area (TPSA) is 3.24 Å². The molecule has 1 aromatic rings. The normalized spacial score (nSPS) is 9.77. The highest BCUT2D eigenvalue weighted by Crippen LogP contribution is 2.19. The van der Waals surface area contributed by atoms with Crippen LogP contribution in [0.5, 0.6) is 0 Å². The number of anilines is 1. The van der Waals surface area contributed by atoms with Crippen LogP contribution in [0.15, 0.2) is 30.8 Å². The molecule has 0 spiro atoms. The lowest BCUT2D eigenvalue weighted by molar-refractivity contribution is 1.12. The van der Waals surface area contributed by atoms with E-state index in [0.717, 1.165) is 17.8 Å². The summed E-state index contributed by atoms with van der Waals surface area (Å²) < 4.78 is 1.90. The van der Waals surface area contributed by atoms with Gasteiger partial charge in [-0.3, -0.25) is 0 Å². The van der Waals surface area contributed by atoms with Gasteiger partial charge in [0.25, 0.3) is 0 Å². The molecule has 0 radical (unpaired) electrons. The van der Waals surface area contributed by atoms with E-state index in [0.29, 0.717) is 0 Å². The van der Waals surface area contributed by atoms with E-state index in [2.05, 4.69) is 50.6 Å². The molecule has 1 rings (SSSR count). The van der Waals surface area contributed by atoms with Crippen molar-refractivity contribution in [2.45, 2.75) is 13.8 Å². The molecule has 0 aliphatic heterocycles. The van der Waals surface area contributed by atoms with E-state index < -0.39 is 0 Å². The third kappa shape index (κ3) is 2.52. The lowest BCUT2D eigenvalue weighted by atomic mass is 10.1. The fourth-order valence-corrected chi connectivity index (χ4v) is 1.23. The van der Waals surface area contributed by atoms with Crippen molar-refractivity contribution in [3.05, 3.63) is 36.4 Å². The number of hydrogen-bond donors (Lipinski definition) is 1. The number of benzene rings is 1. The molecule has 1 nitrogen and oxygen atoms in total. The zero-order chi connectivity index (χ0) is 9.84. The van der Waals surface area contributed by atoms with Gasteiger partial charge >= 0.3 is 0 Å². The number of thiol groups is 1. The molecule has 0 saturated heterocycles. The molecule has 0 N–H and O–H groups in total. The molecule has 2 heteroatoms. The van der Waals surface area contributed by atoms with Crippen molar-refractivity contribution in [1.82, 2.24) is 0 Å². The second-order valence-electron chi connectivity index (χ2n) is 3.04. The zero-order valence-corrected chi connectivity index (χ0v) is 9.01. The van der Waals surface area contributed by atoms with Crippen molar-refractivity contribution in [2.24, 2.45) is 0 Å². The van der Waals surface area contributed by atoms with Crippen molar-refractivity contribution >= 4 is 24.1 Å². The summed E-state index contributed by atoms with van der Waals surface area (Å²) in [4.78, 5) is 0. The minimum atomic E-state index is 0.898. The zero-order valence-electron chi connectivity index (χ0n) is 8.12. The van der Waals surface area contributed by atoms with E-state index in [1.54, 1.807) is 0 Å². The van der Waals surface area contributed by atoms with Gasteiger partial charge in [0.15, 0.2) is 0 Å². The van der Waals surface area contributed by atoms with Gasteiger partial charge in [-0.05, 0) is 31.5 Å². The summed E-state index contributed by atoms with van der Waals surface area (Å²) in [5, 5.41) is 0. The molecule has 0 atom stereocenters. The van der Waals surface area contributed by atoms with Crippen LogP contribution >= 0.6 is 12.8 Å². The van der Waals surface area contributed by atoms with Crippen molar-refractivity contribution in [1.29, 1.82) is 0 Å². The maximum Gasteiger partial charge on any atom is 0.0467 e. The third-order valence-electron chi connectivity index (χ3n) is 1.96. The molecule has 0 aliphatic rings. The molecule has 0 fully saturated rings.